The molecule has 1 aromatic carbocycles. The molecule has 1 fully saturated rings. The Morgan fingerprint density at radius 1 is 1.13 bits per heavy atom. The lowest BCUT2D eigenvalue weighted by Gasteiger charge is -2.37. The molecule has 1 aliphatic carbocycles. The van der Waals surface area contributed by atoms with Crippen molar-refractivity contribution in [1.29, 1.82) is 0 Å². The molecule has 1 aliphatic rings. The molecule has 0 radical (unpaired) electrons. The normalized spacial score (nSPS) is 19.1. The lowest BCUT2D eigenvalue weighted by atomic mass is 9.73. The molecule has 1 aromatic rings. The van der Waals surface area contributed by atoms with Gasteiger partial charge in [-0.15, -0.1) is 0 Å². The van der Waals surface area contributed by atoms with Crippen LogP contribution in [-0.4, -0.2) is 17.7 Å². The minimum atomic E-state index is -1.51. The smallest absolute Gasteiger partial charge is 0.343 e. The molecule has 1 N–H and O–H groups in total. The Hall–Kier alpha value is -1.35. The Morgan fingerprint density at radius 2 is 1.74 bits per heavy atom. The third kappa shape index (κ3) is 4.57. The first-order valence-electron chi connectivity index (χ1n) is 8.79. The lowest BCUT2D eigenvalue weighted by molar-refractivity contribution is -0.176. The van der Waals surface area contributed by atoms with Crippen molar-refractivity contribution in [2.24, 2.45) is 11.3 Å². The largest absolute Gasteiger partial charge is 0.463 e. The van der Waals surface area contributed by atoms with Crippen LogP contribution in [0.15, 0.2) is 30.3 Å². The summed E-state index contributed by atoms with van der Waals surface area (Å²) >= 11 is 0. The molecule has 0 heterocycles. The van der Waals surface area contributed by atoms with Gasteiger partial charge in [0.15, 0.2) is 5.60 Å². The van der Waals surface area contributed by atoms with Gasteiger partial charge in [-0.3, -0.25) is 0 Å². The van der Waals surface area contributed by atoms with E-state index in [1.165, 1.54) is 6.42 Å². The van der Waals surface area contributed by atoms with Crippen LogP contribution in [0.2, 0.25) is 0 Å². The zero-order valence-corrected chi connectivity index (χ0v) is 14.7. The Labute approximate surface area is 140 Å². The van der Waals surface area contributed by atoms with Crippen LogP contribution < -0.4 is 0 Å². The van der Waals surface area contributed by atoms with Crippen molar-refractivity contribution in [3.05, 3.63) is 35.9 Å². The number of hydrogen-bond donors (Lipinski definition) is 1. The summed E-state index contributed by atoms with van der Waals surface area (Å²) in [7, 11) is 0. The van der Waals surface area contributed by atoms with E-state index in [-0.39, 0.29) is 11.3 Å². The van der Waals surface area contributed by atoms with Crippen LogP contribution in [0, 0.1) is 11.3 Å². The molecule has 23 heavy (non-hydrogen) atoms. The molecule has 2 rings (SSSR count). The van der Waals surface area contributed by atoms with E-state index in [0.717, 1.165) is 32.1 Å². The second-order valence-corrected chi connectivity index (χ2v) is 7.91. The molecule has 0 spiro atoms. The number of esters is 1. The van der Waals surface area contributed by atoms with Gasteiger partial charge in [0.2, 0.25) is 0 Å². The molecule has 0 aliphatic heterocycles. The number of ether oxygens (including phenoxy) is 1. The highest BCUT2D eigenvalue weighted by atomic mass is 16.5. The second-order valence-electron chi connectivity index (χ2n) is 7.91. The van der Waals surface area contributed by atoms with E-state index >= 15 is 0 Å². The number of carbonyl (C=O) groups is 1. The maximum atomic E-state index is 12.8. The maximum Gasteiger partial charge on any atom is 0.343 e. The average Bonchev–Trinajstić information content (AvgIpc) is 2.54. The molecule has 1 atom stereocenters. The van der Waals surface area contributed by atoms with Gasteiger partial charge in [0.05, 0.1) is 6.61 Å². The third-order valence-corrected chi connectivity index (χ3v) is 4.81. The summed E-state index contributed by atoms with van der Waals surface area (Å²) in [6.45, 7) is 6.70. The van der Waals surface area contributed by atoms with Gasteiger partial charge in [-0.25, -0.2) is 4.79 Å². The van der Waals surface area contributed by atoms with E-state index in [2.05, 4.69) is 20.8 Å². The minimum Gasteiger partial charge on any atom is -0.463 e. The van der Waals surface area contributed by atoms with Crippen LogP contribution in [0.25, 0.3) is 0 Å². The second kappa shape index (κ2) is 7.48. The lowest BCUT2D eigenvalue weighted by Crippen LogP contribution is -2.45. The Morgan fingerprint density at radius 3 is 2.30 bits per heavy atom. The fourth-order valence-corrected chi connectivity index (χ4v) is 3.29. The van der Waals surface area contributed by atoms with Gasteiger partial charge in [-0.1, -0.05) is 70.4 Å². The van der Waals surface area contributed by atoms with Gasteiger partial charge >= 0.3 is 5.97 Å². The van der Waals surface area contributed by atoms with Crippen molar-refractivity contribution >= 4 is 5.97 Å². The highest BCUT2D eigenvalue weighted by molar-refractivity contribution is 5.81. The van der Waals surface area contributed by atoms with E-state index in [0.29, 0.717) is 12.2 Å². The SMILES string of the molecule is CC(C)(C)CCOC(=O)[C@](O)(c1ccccc1)C1CCCCC1. The monoisotopic (exact) mass is 318 g/mol. The van der Waals surface area contributed by atoms with Gasteiger partial charge in [-0.2, -0.15) is 0 Å². The van der Waals surface area contributed by atoms with E-state index in [4.69, 9.17) is 4.74 Å². The van der Waals surface area contributed by atoms with Crippen LogP contribution in [0.5, 0.6) is 0 Å². The van der Waals surface area contributed by atoms with Crippen molar-refractivity contribution in [2.75, 3.05) is 6.61 Å². The Bertz CT molecular complexity index is 497. The average molecular weight is 318 g/mol. The standard InChI is InChI=1S/C20H30O3/c1-19(2,3)14-15-23-18(21)20(22,16-10-6-4-7-11-16)17-12-8-5-9-13-17/h4,6-7,10-11,17,22H,5,8-9,12-15H2,1-3H3/t20-/m0/s1. The number of rotatable bonds is 5. The van der Waals surface area contributed by atoms with Gasteiger partial charge in [0, 0.05) is 5.92 Å². The predicted molar refractivity (Wildman–Crippen MR) is 91.9 cm³/mol. The van der Waals surface area contributed by atoms with Crippen molar-refractivity contribution in [3.63, 3.8) is 0 Å². The summed E-state index contributed by atoms with van der Waals surface area (Å²) in [6.07, 6.45) is 5.85. The minimum absolute atomic E-state index is 0.0548. The zero-order valence-electron chi connectivity index (χ0n) is 14.7. The van der Waals surface area contributed by atoms with E-state index in [1.807, 2.05) is 30.3 Å². The molecule has 128 valence electrons. The summed E-state index contributed by atoms with van der Waals surface area (Å²) < 4.78 is 5.50. The van der Waals surface area contributed by atoms with Crippen LogP contribution >= 0.6 is 0 Å². The van der Waals surface area contributed by atoms with Gasteiger partial charge in [0.1, 0.15) is 0 Å². The van der Waals surface area contributed by atoms with E-state index in [1.54, 1.807) is 0 Å². The molecule has 3 nitrogen and oxygen atoms in total. The quantitative estimate of drug-likeness (QED) is 0.817. The summed E-state index contributed by atoms with van der Waals surface area (Å²) in [5.41, 5.74) is -0.747. The molecule has 0 aromatic heterocycles. The summed E-state index contributed by atoms with van der Waals surface area (Å²) in [5.74, 6) is -0.541. The fraction of sp³-hybridized carbons (Fsp3) is 0.650. The Kier molecular flexibility index (Phi) is 5.85. The number of aliphatic hydroxyl groups is 1. The molecule has 0 unspecified atom stereocenters. The van der Waals surface area contributed by atoms with Crippen LogP contribution in [0.3, 0.4) is 0 Å². The third-order valence-electron chi connectivity index (χ3n) is 4.81. The molecule has 3 heteroatoms. The molecular formula is C20H30O3. The summed E-state index contributed by atoms with van der Waals surface area (Å²) in [5, 5.41) is 11.3. The molecular weight excluding hydrogens is 288 g/mol. The number of benzene rings is 1. The van der Waals surface area contributed by atoms with E-state index < -0.39 is 11.6 Å². The van der Waals surface area contributed by atoms with Crippen LogP contribution in [0.1, 0.15) is 64.9 Å². The molecule has 0 saturated heterocycles. The topological polar surface area (TPSA) is 46.5 Å². The molecule has 0 bridgehead atoms. The first-order chi connectivity index (χ1) is 10.8. The summed E-state index contributed by atoms with van der Waals surface area (Å²) in [6, 6.07) is 9.30. The van der Waals surface area contributed by atoms with Crippen molar-refractivity contribution in [3.8, 4) is 0 Å². The van der Waals surface area contributed by atoms with Gasteiger partial charge in [-0.05, 0) is 30.2 Å². The number of hydrogen-bond acceptors (Lipinski definition) is 3. The fourth-order valence-electron chi connectivity index (χ4n) is 3.29. The highest BCUT2D eigenvalue weighted by Gasteiger charge is 2.47. The summed E-state index contributed by atoms with van der Waals surface area (Å²) in [4.78, 5) is 12.8. The van der Waals surface area contributed by atoms with Crippen molar-refractivity contribution in [1.82, 2.24) is 0 Å². The van der Waals surface area contributed by atoms with Crippen molar-refractivity contribution < 1.29 is 14.6 Å². The van der Waals surface area contributed by atoms with Gasteiger partial charge in [0.25, 0.3) is 0 Å². The highest BCUT2D eigenvalue weighted by Crippen LogP contribution is 2.40. The first-order valence-corrected chi connectivity index (χ1v) is 8.79. The molecule has 0 amide bonds. The van der Waals surface area contributed by atoms with Gasteiger partial charge < -0.3 is 9.84 Å². The Balaban J connectivity index is 2.17. The van der Waals surface area contributed by atoms with E-state index in [9.17, 15) is 9.90 Å². The maximum absolute atomic E-state index is 12.8. The predicted octanol–water partition coefficient (Wildman–Crippen LogP) is 4.43. The molecule has 1 saturated carbocycles. The number of carbonyl (C=O) groups excluding carboxylic acids is 1. The van der Waals surface area contributed by atoms with Crippen molar-refractivity contribution in [2.45, 2.75) is 64.9 Å². The van der Waals surface area contributed by atoms with Crippen LogP contribution in [0.4, 0.5) is 0 Å². The zero-order chi connectivity index (χ0) is 16.9. The van der Waals surface area contributed by atoms with Crippen LogP contribution in [-0.2, 0) is 15.1 Å². The first kappa shape index (κ1) is 18.0.